The number of pyridine rings is 1. The molecule has 0 radical (unpaired) electrons. The Labute approximate surface area is 122 Å². The van der Waals surface area contributed by atoms with Gasteiger partial charge in [0.1, 0.15) is 5.82 Å². The standard InChI is InChI=1S/C14H16N6O/c1-9-11(3-4-12(16)19-9)21-13-5-6-18-14(20-13)10(7-15)8-17-2/h3-8H,15H2,1-2H3,(H2,16,19). The first-order valence-corrected chi connectivity index (χ1v) is 6.22. The molecule has 0 aliphatic rings. The van der Waals surface area contributed by atoms with Crippen LogP contribution in [-0.4, -0.2) is 28.2 Å². The largest absolute Gasteiger partial charge is 0.437 e. The lowest BCUT2D eigenvalue weighted by Crippen LogP contribution is -2.01. The maximum absolute atomic E-state index is 5.70. The molecular formula is C14H16N6O. The molecule has 0 spiro atoms. The zero-order valence-corrected chi connectivity index (χ0v) is 11.8. The number of nitrogens with two attached hydrogens (primary N) is 2. The fourth-order valence-corrected chi connectivity index (χ4v) is 1.64. The molecule has 2 aromatic heterocycles. The smallest absolute Gasteiger partial charge is 0.222 e. The number of aliphatic imine (C=N–C) groups is 1. The van der Waals surface area contributed by atoms with Crippen LogP contribution >= 0.6 is 0 Å². The molecule has 0 atom stereocenters. The maximum Gasteiger partial charge on any atom is 0.222 e. The van der Waals surface area contributed by atoms with E-state index in [0.717, 1.165) is 0 Å². The van der Waals surface area contributed by atoms with Crippen LogP contribution in [0.5, 0.6) is 11.6 Å². The Morgan fingerprint density at radius 1 is 1.29 bits per heavy atom. The van der Waals surface area contributed by atoms with Crippen molar-refractivity contribution in [2.45, 2.75) is 6.92 Å². The van der Waals surface area contributed by atoms with Crippen LogP contribution in [0.15, 0.2) is 35.6 Å². The Balaban J connectivity index is 2.29. The van der Waals surface area contributed by atoms with Crippen molar-refractivity contribution < 1.29 is 4.74 Å². The Kier molecular flexibility index (Phi) is 4.45. The van der Waals surface area contributed by atoms with E-state index in [2.05, 4.69) is 19.9 Å². The van der Waals surface area contributed by atoms with Gasteiger partial charge in [0.25, 0.3) is 0 Å². The fourth-order valence-electron chi connectivity index (χ4n) is 1.64. The zero-order valence-electron chi connectivity index (χ0n) is 11.8. The summed E-state index contributed by atoms with van der Waals surface area (Å²) in [5.74, 6) is 1.84. The third-order valence-electron chi connectivity index (χ3n) is 2.61. The van der Waals surface area contributed by atoms with Gasteiger partial charge in [-0.1, -0.05) is 0 Å². The second-order valence-corrected chi connectivity index (χ2v) is 4.15. The molecule has 2 heterocycles. The summed E-state index contributed by atoms with van der Waals surface area (Å²) in [5, 5.41) is 0. The molecule has 0 aliphatic heterocycles. The predicted molar refractivity (Wildman–Crippen MR) is 82.1 cm³/mol. The van der Waals surface area contributed by atoms with Gasteiger partial charge in [-0.2, -0.15) is 4.98 Å². The molecule has 0 unspecified atom stereocenters. The molecule has 0 amide bonds. The molecule has 0 saturated carbocycles. The first-order valence-electron chi connectivity index (χ1n) is 6.22. The minimum atomic E-state index is 0.388. The second kappa shape index (κ2) is 6.47. The Bertz CT molecular complexity index is 696. The van der Waals surface area contributed by atoms with E-state index >= 15 is 0 Å². The van der Waals surface area contributed by atoms with Crippen molar-refractivity contribution in [3.8, 4) is 11.6 Å². The molecule has 2 aromatic rings. The van der Waals surface area contributed by atoms with Crippen molar-refractivity contribution in [2.24, 2.45) is 10.7 Å². The van der Waals surface area contributed by atoms with Crippen molar-refractivity contribution in [3.05, 3.63) is 42.1 Å². The lowest BCUT2D eigenvalue weighted by Gasteiger charge is -2.08. The molecule has 0 aliphatic carbocycles. The highest BCUT2D eigenvalue weighted by Crippen LogP contribution is 2.23. The molecule has 4 N–H and O–H groups in total. The van der Waals surface area contributed by atoms with Crippen LogP contribution in [0, 0.1) is 6.92 Å². The minimum absolute atomic E-state index is 0.388. The number of allylic oxidation sites excluding steroid dienone is 1. The number of nitrogen functional groups attached to an aromatic ring is 1. The Morgan fingerprint density at radius 2 is 2.10 bits per heavy atom. The highest BCUT2D eigenvalue weighted by molar-refractivity contribution is 6.07. The SMILES string of the molecule is CN=CC(=CN)c1nccc(Oc2ccc(N)nc2C)n1. The summed E-state index contributed by atoms with van der Waals surface area (Å²) in [6.07, 6.45) is 4.56. The molecule has 21 heavy (non-hydrogen) atoms. The highest BCUT2D eigenvalue weighted by atomic mass is 16.5. The van der Waals surface area contributed by atoms with Crippen molar-refractivity contribution in [1.29, 1.82) is 0 Å². The van der Waals surface area contributed by atoms with Gasteiger partial charge in [0.2, 0.25) is 5.88 Å². The van der Waals surface area contributed by atoms with E-state index in [0.29, 0.717) is 34.5 Å². The summed E-state index contributed by atoms with van der Waals surface area (Å²) in [6.45, 7) is 1.81. The third kappa shape index (κ3) is 3.53. The van der Waals surface area contributed by atoms with Gasteiger partial charge in [-0.3, -0.25) is 4.99 Å². The first-order chi connectivity index (χ1) is 10.1. The van der Waals surface area contributed by atoms with Crippen LogP contribution in [0.3, 0.4) is 0 Å². The van der Waals surface area contributed by atoms with Gasteiger partial charge in [-0.05, 0) is 19.1 Å². The summed E-state index contributed by atoms with van der Waals surface area (Å²) >= 11 is 0. The summed E-state index contributed by atoms with van der Waals surface area (Å²) in [7, 11) is 1.65. The van der Waals surface area contributed by atoms with Gasteiger partial charge in [0, 0.05) is 31.7 Å². The highest BCUT2D eigenvalue weighted by Gasteiger charge is 2.07. The lowest BCUT2D eigenvalue weighted by atomic mass is 10.3. The number of hydrogen-bond acceptors (Lipinski definition) is 7. The van der Waals surface area contributed by atoms with Gasteiger partial charge < -0.3 is 16.2 Å². The van der Waals surface area contributed by atoms with E-state index in [1.807, 2.05) is 6.92 Å². The van der Waals surface area contributed by atoms with Crippen molar-refractivity contribution >= 4 is 17.6 Å². The van der Waals surface area contributed by atoms with E-state index in [1.54, 1.807) is 37.7 Å². The summed E-state index contributed by atoms with van der Waals surface area (Å²) in [6, 6.07) is 5.06. The minimum Gasteiger partial charge on any atom is -0.437 e. The fraction of sp³-hybridized carbons (Fsp3) is 0.143. The van der Waals surface area contributed by atoms with Crippen molar-refractivity contribution in [3.63, 3.8) is 0 Å². The van der Waals surface area contributed by atoms with Crippen LogP contribution in [0.1, 0.15) is 11.5 Å². The quantitative estimate of drug-likeness (QED) is 0.824. The van der Waals surface area contributed by atoms with Gasteiger partial charge in [-0.15, -0.1) is 0 Å². The number of rotatable bonds is 4. The third-order valence-corrected chi connectivity index (χ3v) is 2.61. The van der Waals surface area contributed by atoms with Crippen molar-refractivity contribution in [1.82, 2.24) is 15.0 Å². The van der Waals surface area contributed by atoms with E-state index in [9.17, 15) is 0 Å². The van der Waals surface area contributed by atoms with Crippen LogP contribution in [-0.2, 0) is 0 Å². The number of ether oxygens (including phenoxy) is 1. The van der Waals surface area contributed by atoms with Gasteiger partial charge in [0.05, 0.1) is 11.3 Å². The normalized spacial score (nSPS) is 11.8. The number of hydrogen-bond donors (Lipinski definition) is 2. The molecule has 0 fully saturated rings. The summed E-state index contributed by atoms with van der Waals surface area (Å²) in [5.41, 5.74) is 12.4. The van der Waals surface area contributed by atoms with Crippen LogP contribution < -0.4 is 16.2 Å². The van der Waals surface area contributed by atoms with Gasteiger partial charge in [0.15, 0.2) is 11.6 Å². The topological polar surface area (TPSA) is 112 Å². The van der Waals surface area contributed by atoms with Gasteiger partial charge in [-0.25, -0.2) is 9.97 Å². The molecule has 2 rings (SSSR count). The zero-order chi connectivity index (χ0) is 15.2. The second-order valence-electron chi connectivity index (χ2n) is 4.15. The monoisotopic (exact) mass is 284 g/mol. The number of nitrogens with zero attached hydrogens (tertiary/aromatic N) is 4. The van der Waals surface area contributed by atoms with E-state index < -0.39 is 0 Å². The van der Waals surface area contributed by atoms with Crippen LogP contribution in [0.25, 0.3) is 5.57 Å². The van der Waals surface area contributed by atoms with E-state index in [-0.39, 0.29) is 0 Å². The maximum atomic E-state index is 5.70. The molecule has 7 nitrogen and oxygen atoms in total. The number of aryl methyl sites for hydroxylation is 1. The van der Waals surface area contributed by atoms with Gasteiger partial charge >= 0.3 is 0 Å². The number of anilines is 1. The Morgan fingerprint density at radius 3 is 2.76 bits per heavy atom. The van der Waals surface area contributed by atoms with Crippen LogP contribution in [0.4, 0.5) is 5.82 Å². The lowest BCUT2D eigenvalue weighted by molar-refractivity contribution is 0.455. The predicted octanol–water partition coefficient (Wildman–Crippen LogP) is 1.55. The molecule has 108 valence electrons. The molecular weight excluding hydrogens is 268 g/mol. The Hall–Kier alpha value is -2.96. The molecule has 0 aromatic carbocycles. The average molecular weight is 284 g/mol. The van der Waals surface area contributed by atoms with Crippen LogP contribution in [0.2, 0.25) is 0 Å². The summed E-state index contributed by atoms with van der Waals surface area (Å²) < 4.78 is 5.70. The molecule has 7 heteroatoms. The molecule has 0 saturated heterocycles. The van der Waals surface area contributed by atoms with E-state index in [4.69, 9.17) is 16.2 Å². The van der Waals surface area contributed by atoms with E-state index in [1.165, 1.54) is 6.20 Å². The first kappa shape index (κ1) is 14.4. The number of aromatic nitrogens is 3. The average Bonchev–Trinajstić information content (AvgIpc) is 2.48. The van der Waals surface area contributed by atoms with Crippen molar-refractivity contribution in [2.75, 3.05) is 12.8 Å². The molecule has 0 bridgehead atoms. The summed E-state index contributed by atoms with van der Waals surface area (Å²) in [4.78, 5) is 16.5.